The van der Waals surface area contributed by atoms with Crippen molar-refractivity contribution in [2.75, 3.05) is 11.1 Å². The number of thioether (sulfide) groups is 1. The van der Waals surface area contributed by atoms with Crippen LogP contribution in [0.2, 0.25) is 0 Å². The van der Waals surface area contributed by atoms with Crippen LogP contribution >= 0.6 is 11.8 Å². The standard InChI is InChI=1S/C24H15N3O4S/c28-19(13-32-24-27-26-23(31-24)14-7-2-1-3-8-14)25-18-12-6-11-17-20(18)22(30)16-10-5-4-9-15(16)21(17)29/h1-12H,13H2,(H,25,28). The maximum Gasteiger partial charge on any atom is 0.277 e. The third kappa shape index (κ3) is 3.61. The van der Waals surface area contributed by atoms with Crippen molar-refractivity contribution in [3.63, 3.8) is 0 Å². The zero-order valence-electron chi connectivity index (χ0n) is 16.6. The molecule has 3 aromatic carbocycles. The molecule has 0 spiro atoms. The van der Waals surface area contributed by atoms with Gasteiger partial charge in [0.15, 0.2) is 11.6 Å². The minimum atomic E-state index is -0.359. The van der Waals surface area contributed by atoms with E-state index in [1.807, 2.05) is 30.3 Å². The predicted molar refractivity (Wildman–Crippen MR) is 119 cm³/mol. The topological polar surface area (TPSA) is 102 Å². The van der Waals surface area contributed by atoms with Gasteiger partial charge in [-0.1, -0.05) is 66.4 Å². The summed E-state index contributed by atoms with van der Waals surface area (Å²) in [7, 11) is 0. The van der Waals surface area contributed by atoms with Gasteiger partial charge in [-0.15, -0.1) is 10.2 Å². The van der Waals surface area contributed by atoms with Gasteiger partial charge in [0.1, 0.15) is 0 Å². The second-order valence-corrected chi connectivity index (χ2v) is 7.93. The summed E-state index contributed by atoms with van der Waals surface area (Å²) >= 11 is 1.09. The number of hydrogen-bond acceptors (Lipinski definition) is 7. The molecule has 7 nitrogen and oxygen atoms in total. The van der Waals surface area contributed by atoms with Gasteiger partial charge in [-0.25, -0.2) is 0 Å². The largest absolute Gasteiger partial charge is 0.411 e. The smallest absolute Gasteiger partial charge is 0.277 e. The van der Waals surface area contributed by atoms with Crippen LogP contribution in [0.15, 0.2) is 82.4 Å². The zero-order chi connectivity index (χ0) is 22.1. The second kappa shape index (κ2) is 8.24. The first-order valence-corrected chi connectivity index (χ1v) is 10.7. The van der Waals surface area contributed by atoms with Crippen molar-refractivity contribution in [1.82, 2.24) is 10.2 Å². The first-order chi connectivity index (χ1) is 15.6. The lowest BCUT2D eigenvalue weighted by Gasteiger charge is -2.20. The minimum absolute atomic E-state index is 0.00118. The van der Waals surface area contributed by atoms with E-state index in [1.165, 1.54) is 0 Å². The Labute approximate surface area is 186 Å². The number of hydrogen-bond donors (Lipinski definition) is 1. The van der Waals surface area contributed by atoms with Crippen LogP contribution in [0.5, 0.6) is 0 Å². The van der Waals surface area contributed by atoms with E-state index < -0.39 is 0 Å². The van der Waals surface area contributed by atoms with Gasteiger partial charge in [0, 0.05) is 22.3 Å². The van der Waals surface area contributed by atoms with Crippen LogP contribution in [0.1, 0.15) is 31.8 Å². The molecule has 0 saturated carbocycles. The Morgan fingerprint density at radius 2 is 1.50 bits per heavy atom. The van der Waals surface area contributed by atoms with E-state index in [0.29, 0.717) is 22.7 Å². The molecule has 1 N–H and O–H groups in total. The summed E-state index contributed by atoms with van der Waals surface area (Å²) in [6, 6.07) is 20.9. The summed E-state index contributed by atoms with van der Waals surface area (Å²) in [5, 5.41) is 10.9. The van der Waals surface area contributed by atoms with Crippen molar-refractivity contribution in [3.05, 3.63) is 95.1 Å². The molecule has 0 aliphatic heterocycles. The predicted octanol–water partition coefficient (Wildman–Crippen LogP) is 4.24. The number of fused-ring (bicyclic) bond motifs is 2. The average molecular weight is 441 g/mol. The molecule has 0 atom stereocenters. The number of carbonyl (C=O) groups excluding carboxylic acids is 3. The maximum atomic E-state index is 13.0. The van der Waals surface area contributed by atoms with E-state index in [-0.39, 0.29) is 39.6 Å². The van der Waals surface area contributed by atoms with Crippen LogP contribution < -0.4 is 5.32 Å². The van der Waals surface area contributed by atoms with Gasteiger partial charge in [-0.05, 0) is 18.2 Å². The van der Waals surface area contributed by atoms with Gasteiger partial charge in [0.05, 0.1) is 17.0 Å². The van der Waals surface area contributed by atoms with Gasteiger partial charge in [-0.2, -0.15) is 0 Å². The molecule has 8 heteroatoms. The molecule has 1 amide bonds. The molecule has 156 valence electrons. The number of anilines is 1. The van der Waals surface area contributed by atoms with Gasteiger partial charge in [0.25, 0.3) is 5.22 Å². The van der Waals surface area contributed by atoms with Crippen molar-refractivity contribution < 1.29 is 18.8 Å². The third-order valence-electron chi connectivity index (χ3n) is 4.98. The molecule has 0 unspecified atom stereocenters. The molecular formula is C24H15N3O4S. The lowest BCUT2D eigenvalue weighted by atomic mass is 9.83. The molecule has 1 aliphatic carbocycles. The molecule has 1 heterocycles. The lowest BCUT2D eigenvalue weighted by molar-refractivity contribution is -0.113. The lowest BCUT2D eigenvalue weighted by Crippen LogP contribution is -2.24. The number of aromatic nitrogens is 2. The first-order valence-electron chi connectivity index (χ1n) is 9.75. The summed E-state index contributed by atoms with van der Waals surface area (Å²) in [5.41, 5.74) is 2.28. The van der Waals surface area contributed by atoms with E-state index in [0.717, 1.165) is 17.3 Å². The molecular weight excluding hydrogens is 426 g/mol. The quantitative estimate of drug-likeness (QED) is 0.407. The van der Waals surface area contributed by atoms with Crippen LogP contribution in [0.25, 0.3) is 11.5 Å². The van der Waals surface area contributed by atoms with Crippen LogP contribution in [-0.2, 0) is 4.79 Å². The molecule has 1 aliphatic rings. The Morgan fingerprint density at radius 3 is 2.28 bits per heavy atom. The fraction of sp³-hybridized carbons (Fsp3) is 0.0417. The summed E-state index contributed by atoms with van der Waals surface area (Å²) in [6.45, 7) is 0. The molecule has 4 aromatic rings. The highest BCUT2D eigenvalue weighted by Crippen LogP contribution is 2.32. The molecule has 0 radical (unpaired) electrons. The third-order valence-corrected chi connectivity index (χ3v) is 5.80. The molecule has 0 bridgehead atoms. The Bertz CT molecular complexity index is 1360. The maximum absolute atomic E-state index is 13.0. The van der Waals surface area contributed by atoms with E-state index in [2.05, 4.69) is 15.5 Å². The molecule has 32 heavy (non-hydrogen) atoms. The van der Waals surface area contributed by atoms with Gasteiger partial charge in [0.2, 0.25) is 11.8 Å². The molecule has 1 aromatic heterocycles. The highest BCUT2D eigenvalue weighted by atomic mass is 32.2. The highest BCUT2D eigenvalue weighted by molar-refractivity contribution is 7.99. The SMILES string of the molecule is O=C(CSc1nnc(-c2ccccc2)o1)Nc1cccc2c1C(=O)c1ccccc1C2=O. The Balaban J connectivity index is 1.32. The van der Waals surface area contributed by atoms with Gasteiger partial charge in [-0.3, -0.25) is 14.4 Å². The number of amides is 1. The van der Waals surface area contributed by atoms with Crippen molar-refractivity contribution >= 4 is 34.9 Å². The number of ketones is 2. The van der Waals surface area contributed by atoms with Crippen LogP contribution in [0, 0.1) is 0 Å². The first kappa shape index (κ1) is 19.9. The normalized spacial score (nSPS) is 12.2. The fourth-order valence-electron chi connectivity index (χ4n) is 3.53. The molecule has 0 fully saturated rings. The average Bonchev–Trinajstić information content (AvgIpc) is 3.31. The Morgan fingerprint density at radius 1 is 0.812 bits per heavy atom. The molecule has 0 saturated heterocycles. The van der Waals surface area contributed by atoms with Gasteiger partial charge >= 0.3 is 0 Å². The number of benzene rings is 3. The van der Waals surface area contributed by atoms with Crippen molar-refractivity contribution in [1.29, 1.82) is 0 Å². The van der Waals surface area contributed by atoms with Crippen LogP contribution in [0.4, 0.5) is 5.69 Å². The summed E-state index contributed by atoms with van der Waals surface area (Å²) in [6.07, 6.45) is 0. The molecule has 5 rings (SSSR count). The van der Waals surface area contributed by atoms with Gasteiger partial charge < -0.3 is 9.73 Å². The van der Waals surface area contributed by atoms with E-state index in [4.69, 9.17) is 4.42 Å². The van der Waals surface area contributed by atoms with E-state index in [9.17, 15) is 14.4 Å². The number of nitrogens with one attached hydrogen (secondary N) is 1. The highest BCUT2D eigenvalue weighted by Gasteiger charge is 2.31. The van der Waals surface area contributed by atoms with Crippen LogP contribution in [-0.4, -0.2) is 33.4 Å². The monoisotopic (exact) mass is 441 g/mol. The number of nitrogens with zero attached hydrogens (tertiary/aromatic N) is 2. The fourth-order valence-corrected chi connectivity index (χ4v) is 4.09. The van der Waals surface area contributed by atoms with Crippen molar-refractivity contribution in [2.24, 2.45) is 0 Å². The number of rotatable bonds is 5. The second-order valence-electron chi connectivity index (χ2n) is 7.01. The summed E-state index contributed by atoms with van der Waals surface area (Å²) in [4.78, 5) is 38.4. The van der Waals surface area contributed by atoms with E-state index in [1.54, 1.807) is 42.5 Å². The Hall–Kier alpha value is -4.04. The van der Waals surface area contributed by atoms with Crippen LogP contribution in [0.3, 0.4) is 0 Å². The van der Waals surface area contributed by atoms with Crippen molar-refractivity contribution in [3.8, 4) is 11.5 Å². The van der Waals surface area contributed by atoms with E-state index >= 15 is 0 Å². The Kier molecular flexibility index (Phi) is 5.12. The summed E-state index contributed by atoms with van der Waals surface area (Å²) < 4.78 is 5.59. The number of carbonyl (C=O) groups is 3. The zero-order valence-corrected chi connectivity index (χ0v) is 17.4. The van der Waals surface area contributed by atoms with Crippen molar-refractivity contribution in [2.45, 2.75) is 5.22 Å². The minimum Gasteiger partial charge on any atom is -0.411 e. The summed E-state index contributed by atoms with van der Waals surface area (Å²) in [5.74, 6) is -0.516.